The van der Waals surface area contributed by atoms with Crippen molar-refractivity contribution in [2.75, 3.05) is 11.9 Å². The van der Waals surface area contributed by atoms with Crippen LogP contribution in [0.1, 0.15) is 41.5 Å². The third kappa shape index (κ3) is 4.45. The van der Waals surface area contributed by atoms with Gasteiger partial charge in [-0.05, 0) is 32.4 Å². The smallest absolute Gasteiger partial charge is 0.261 e. The second-order valence-electron chi connectivity index (χ2n) is 5.36. The molecule has 0 radical (unpaired) electrons. The number of unbranched alkanes of at least 4 members (excludes halogenated alkanes) is 1. The van der Waals surface area contributed by atoms with Crippen LogP contribution >= 0.6 is 11.6 Å². The molecule has 2 aromatic rings. The number of carbonyl (C=O) groups excluding carboxylic acids is 1. The molecule has 0 atom stereocenters. The Morgan fingerprint density at radius 3 is 2.74 bits per heavy atom. The number of rotatable bonds is 6. The average Bonchev–Trinajstić information content (AvgIpc) is 2.49. The number of ether oxygens (including phenoxy) is 1. The first kappa shape index (κ1) is 17.3. The summed E-state index contributed by atoms with van der Waals surface area (Å²) in [6.07, 6.45) is 1.97. The van der Waals surface area contributed by atoms with Crippen LogP contribution < -0.4 is 10.1 Å². The molecular weight excluding hydrogens is 312 g/mol. The number of para-hydroxylation sites is 1. The van der Waals surface area contributed by atoms with Crippen LogP contribution in [0.15, 0.2) is 30.3 Å². The lowest BCUT2D eigenvalue weighted by Gasteiger charge is -2.15. The number of aromatic nitrogens is 1. The zero-order valence-electron chi connectivity index (χ0n) is 13.6. The highest BCUT2D eigenvalue weighted by Crippen LogP contribution is 2.26. The average molecular weight is 333 g/mol. The first-order valence-electron chi connectivity index (χ1n) is 7.69. The highest BCUT2D eigenvalue weighted by Gasteiger charge is 2.18. The van der Waals surface area contributed by atoms with E-state index in [0.29, 0.717) is 34.3 Å². The summed E-state index contributed by atoms with van der Waals surface area (Å²) in [5.41, 5.74) is 2.48. The molecule has 122 valence electrons. The lowest BCUT2D eigenvalue weighted by Crippen LogP contribution is -2.17. The van der Waals surface area contributed by atoms with Crippen LogP contribution in [0.2, 0.25) is 5.02 Å². The SMILES string of the molecule is CCCCOc1cc(C)nc(C)c1C(=O)Nc1ccccc1Cl. The van der Waals surface area contributed by atoms with E-state index in [4.69, 9.17) is 16.3 Å². The molecule has 1 aromatic carbocycles. The number of aryl methyl sites for hydroxylation is 2. The van der Waals surface area contributed by atoms with E-state index in [1.165, 1.54) is 0 Å². The van der Waals surface area contributed by atoms with E-state index in [1.54, 1.807) is 25.1 Å². The molecule has 0 saturated heterocycles. The third-order valence-corrected chi connectivity index (χ3v) is 3.73. The van der Waals surface area contributed by atoms with Gasteiger partial charge in [-0.3, -0.25) is 9.78 Å². The van der Waals surface area contributed by atoms with Gasteiger partial charge in [-0.1, -0.05) is 37.1 Å². The van der Waals surface area contributed by atoms with Gasteiger partial charge in [0.1, 0.15) is 11.3 Å². The Kier molecular flexibility index (Phi) is 5.99. The van der Waals surface area contributed by atoms with E-state index in [9.17, 15) is 4.79 Å². The van der Waals surface area contributed by atoms with Gasteiger partial charge in [0, 0.05) is 11.8 Å². The molecular formula is C18H21ClN2O2. The summed E-state index contributed by atoms with van der Waals surface area (Å²) < 4.78 is 5.79. The minimum absolute atomic E-state index is 0.269. The highest BCUT2D eigenvalue weighted by molar-refractivity contribution is 6.34. The largest absolute Gasteiger partial charge is 0.493 e. The molecule has 0 fully saturated rings. The maximum absolute atomic E-state index is 12.7. The first-order chi connectivity index (χ1) is 11.0. The second-order valence-corrected chi connectivity index (χ2v) is 5.77. The summed E-state index contributed by atoms with van der Waals surface area (Å²) in [5, 5.41) is 3.32. The van der Waals surface area contributed by atoms with Crippen molar-refractivity contribution in [1.29, 1.82) is 0 Å². The monoisotopic (exact) mass is 332 g/mol. The molecule has 0 saturated carbocycles. The van der Waals surface area contributed by atoms with Crippen molar-refractivity contribution in [2.45, 2.75) is 33.6 Å². The van der Waals surface area contributed by atoms with Gasteiger partial charge in [0.15, 0.2) is 0 Å². The Bertz CT molecular complexity index is 701. The number of benzene rings is 1. The van der Waals surface area contributed by atoms with E-state index < -0.39 is 0 Å². The fourth-order valence-electron chi connectivity index (χ4n) is 2.26. The summed E-state index contributed by atoms with van der Waals surface area (Å²) >= 11 is 6.10. The van der Waals surface area contributed by atoms with Crippen molar-refractivity contribution in [3.63, 3.8) is 0 Å². The Hall–Kier alpha value is -2.07. The fraction of sp³-hybridized carbons (Fsp3) is 0.333. The summed E-state index contributed by atoms with van der Waals surface area (Å²) in [6, 6.07) is 8.92. The Labute approximate surface area is 141 Å². The number of anilines is 1. The van der Waals surface area contributed by atoms with Gasteiger partial charge in [-0.2, -0.15) is 0 Å². The second kappa shape index (κ2) is 7.97. The molecule has 2 rings (SSSR count). The molecule has 0 aliphatic carbocycles. The van der Waals surface area contributed by atoms with Crippen molar-refractivity contribution in [2.24, 2.45) is 0 Å². The molecule has 0 spiro atoms. The molecule has 0 unspecified atom stereocenters. The minimum atomic E-state index is -0.269. The van der Waals surface area contributed by atoms with Gasteiger partial charge in [0.2, 0.25) is 0 Å². The Morgan fingerprint density at radius 2 is 2.04 bits per heavy atom. The van der Waals surface area contributed by atoms with Gasteiger partial charge in [-0.15, -0.1) is 0 Å². The van der Waals surface area contributed by atoms with E-state index in [2.05, 4.69) is 17.2 Å². The molecule has 0 aliphatic rings. The molecule has 0 aliphatic heterocycles. The molecule has 1 amide bonds. The number of nitrogens with zero attached hydrogens (tertiary/aromatic N) is 1. The van der Waals surface area contributed by atoms with Gasteiger partial charge in [0.25, 0.3) is 5.91 Å². The van der Waals surface area contributed by atoms with E-state index in [0.717, 1.165) is 18.5 Å². The standard InChI is InChI=1S/C18H21ClN2O2/c1-4-5-10-23-16-11-12(2)20-13(3)17(16)18(22)21-15-9-7-6-8-14(15)19/h6-9,11H,4-5,10H2,1-3H3,(H,21,22). The molecule has 1 N–H and O–H groups in total. The zero-order valence-corrected chi connectivity index (χ0v) is 14.4. The summed E-state index contributed by atoms with van der Waals surface area (Å²) in [4.78, 5) is 17.0. The molecule has 5 heteroatoms. The summed E-state index contributed by atoms with van der Waals surface area (Å²) in [7, 11) is 0. The van der Waals surface area contributed by atoms with Gasteiger partial charge in [0.05, 0.1) is 23.0 Å². The Balaban J connectivity index is 2.29. The number of nitrogens with one attached hydrogen (secondary N) is 1. The van der Waals surface area contributed by atoms with Crippen LogP contribution in [0.3, 0.4) is 0 Å². The van der Waals surface area contributed by atoms with Crippen molar-refractivity contribution in [3.05, 3.63) is 52.3 Å². The third-order valence-electron chi connectivity index (χ3n) is 3.40. The van der Waals surface area contributed by atoms with E-state index in [1.807, 2.05) is 19.1 Å². The molecule has 1 heterocycles. The predicted molar refractivity (Wildman–Crippen MR) is 93.5 cm³/mol. The lowest BCUT2D eigenvalue weighted by atomic mass is 10.1. The number of hydrogen-bond acceptors (Lipinski definition) is 3. The Morgan fingerprint density at radius 1 is 1.30 bits per heavy atom. The van der Waals surface area contributed by atoms with Gasteiger partial charge >= 0.3 is 0 Å². The number of pyridine rings is 1. The summed E-state index contributed by atoms with van der Waals surface area (Å²) in [5.74, 6) is 0.294. The maximum Gasteiger partial charge on any atom is 0.261 e. The normalized spacial score (nSPS) is 10.4. The van der Waals surface area contributed by atoms with Crippen LogP contribution in [0.25, 0.3) is 0 Å². The minimum Gasteiger partial charge on any atom is -0.493 e. The van der Waals surface area contributed by atoms with Crippen LogP contribution in [0, 0.1) is 13.8 Å². The number of amides is 1. The zero-order chi connectivity index (χ0) is 16.8. The topological polar surface area (TPSA) is 51.2 Å². The van der Waals surface area contributed by atoms with Crippen LogP contribution in [-0.4, -0.2) is 17.5 Å². The predicted octanol–water partition coefficient (Wildman–Crippen LogP) is 4.78. The van der Waals surface area contributed by atoms with Gasteiger partial charge < -0.3 is 10.1 Å². The molecule has 0 bridgehead atoms. The van der Waals surface area contributed by atoms with Crippen molar-refractivity contribution in [1.82, 2.24) is 4.98 Å². The number of halogens is 1. The quantitative estimate of drug-likeness (QED) is 0.774. The molecule has 4 nitrogen and oxygen atoms in total. The molecule has 1 aromatic heterocycles. The lowest BCUT2D eigenvalue weighted by molar-refractivity contribution is 0.102. The van der Waals surface area contributed by atoms with Gasteiger partial charge in [-0.25, -0.2) is 0 Å². The highest BCUT2D eigenvalue weighted by atomic mass is 35.5. The van der Waals surface area contributed by atoms with Crippen molar-refractivity contribution >= 4 is 23.2 Å². The number of hydrogen-bond donors (Lipinski definition) is 1. The van der Waals surface area contributed by atoms with Crippen molar-refractivity contribution < 1.29 is 9.53 Å². The molecule has 23 heavy (non-hydrogen) atoms. The van der Waals surface area contributed by atoms with Crippen molar-refractivity contribution in [3.8, 4) is 5.75 Å². The summed E-state index contributed by atoms with van der Waals surface area (Å²) in [6.45, 7) is 6.36. The maximum atomic E-state index is 12.7. The fourth-order valence-corrected chi connectivity index (χ4v) is 2.44. The van der Waals surface area contributed by atoms with E-state index in [-0.39, 0.29) is 5.91 Å². The van der Waals surface area contributed by atoms with Crippen LogP contribution in [0.5, 0.6) is 5.75 Å². The first-order valence-corrected chi connectivity index (χ1v) is 8.07. The van der Waals surface area contributed by atoms with Crippen LogP contribution in [-0.2, 0) is 0 Å². The van der Waals surface area contributed by atoms with E-state index >= 15 is 0 Å². The van der Waals surface area contributed by atoms with Crippen LogP contribution in [0.4, 0.5) is 5.69 Å². The number of carbonyl (C=O) groups is 1.